The number of esters is 1. The van der Waals surface area contributed by atoms with Crippen LogP contribution in [0.25, 0.3) is 0 Å². The largest absolute Gasteiger partial charge is 0.461 e. The third-order valence-electron chi connectivity index (χ3n) is 4.86. The lowest BCUT2D eigenvalue weighted by atomic mass is 10.1. The summed E-state index contributed by atoms with van der Waals surface area (Å²) >= 11 is 0. The molecule has 8 nitrogen and oxygen atoms in total. The molecular formula is C25H34ClN3O5. The molecule has 0 aliphatic heterocycles. The highest BCUT2D eigenvalue weighted by molar-refractivity contribution is 5.85. The van der Waals surface area contributed by atoms with Crippen molar-refractivity contribution in [2.45, 2.75) is 51.4 Å². The molecule has 34 heavy (non-hydrogen) atoms. The molecule has 0 aliphatic carbocycles. The van der Waals surface area contributed by atoms with Gasteiger partial charge in [-0.05, 0) is 36.8 Å². The van der Waals surface area contributed by atoms with Gasteiger partial charge in [-0.25, -0.2) is 4.79 Å². The van der Waals surface area contributed by atoms with E-state index in [1.54, 1.807) is 0 Å². The molecule has 0 unspecified atom stereocenters. The molecule has 0 fully saturated rings. The van der Waals surface area contributed by atoms with E-state index < -0.39 is 12.1 Å². The second-order valence-corrected chi connectivity index (χ2v) is 7.63. The van der Waals surface area contributed by atoms with Crippen LogP contribution in [0.2, 0.25) is 0 Å². The average molecular weight is 492 g/mol. The zero-order valence-electron chi connectivity index (χ0n) is 19.2. The van der Waals surface area contributed by atoms with Crippen molar-refractivity contribution in [2.24, 2.45) is 5.73 Å². The number of benzene rings is 2. The maximum Gasteiger partial charge on any atom is 0.407 e. The highest BCUT2D eigenvalue weighted by atomic mass is 35.5. The molecule has 0 bridgehead atoms. The van der Waals surface area contributed by atoms with Crippen LogP contribution in [-0.4, -0.2) is 37.1 Å². The molecule has 2 rings (SSSR count). The minimum absolute atomic E-state index is 0. The van der Waals surface area contributed by atoms with Crippen LogP contribution in [-0.2, 0) is 32.3 Å². The lowest BCUT2D eigenvalue weighted by molar-refractivity contribution is -0.145. The van der Waals surface area contributed by atoms with Gasteiger partial charge >= 0.3 is 12.1 Å². The molecule has 0 spiro atoms. The number of ether oxygens (including phenoxy) is 2. The third-order valence-corrected chi connectivity index (χ3v) is 4.86. The molecule has 186 valence electrons. The molecule has 2 aromatic carbocycles. The van der Waals surface area contributed by atoms with Crippen LogP contribution >= 0.6 is 12.4 Å². The Bertz CT molecular complexity index is 852. The zero-order valence-corrected chi connectivity index (χ0v) is 20.1. The molecule has 2 amide bonds. The molecule has 2 aromatic rings. The minimum Gasteiger partial charge on any atom is -0.461 e. The van der Waals surface area contributed by atoms with Crippen LogP contribution in [0, 0.1) is 0 Å². The van der Waals surface area contributed by atoms with E-state index in [1.165, 1.54) is 0 Å². The van der Waals surface area contributed by atoms with Crippen molar-refractivity contribution in [1.82, 2.24) is 10.6 Å². The fourth-order valence-corrected chi connectivity index (χ4v) is 2.97. The van der Waals surface area contributed by atoms with Gasteiger partial charge in [0.2, 0.25) is 5.91 Å². The lowest BCUT2D eigenvalue weighted by Crippen LogP contribution is -2.41. The SMILES string of the molecule is Cl.N[C@@H](CCCCNC(=O)OCc1ccccc1)C(=O)NCCCC(=O)OCc1ccccc1. The second kappa shape index (κ2) is 17.4. The van der Waals surface area contributed by atoms with Gasteiger partial charge in [0, 0.05) is 19.5 Å². The van der Waals surface area contributed by atoms with Gasteiger partial charge in [0.15, 0.2) is 0 Å². The van der Waals surface area contributed by atoms with Crippen molar-refractivity contribution < 1.29 is 23.9 Å². The fourth-order valence-electron chi connectivity index (χ4n) is 2.97. The molecular weight excluding hydrogens is 458 g/mol. The number of carbonyl (C=O) groups excluding carboxylic acids is 3. The number of rotatable bonds is 14. The van der Waals surface area contributed by atoms with Crippen molar-refractivity contribution in [1.29, 1.82) is 0 Å². The summed E-state index contributed by atoms with van der Waals surface area (Å²) in [6.07, 6.45) is 2.14. The zero-order chi connectivity index (χ0) is 23.7. The van der Waals surface area contributed by atoms with Gasteiger partial charge in [-0.2, -0.15) is 0 Å². The fraction of sp³-hybridized carbons (Fsp3) is 0.400. The Morgan fingerprint density at radius 2 is 1.32 bits per heavy atom. The topological polar surface area (TPSA) is 120 Å². The molecule has 0 aromatic heterocycles. The number of halogens is 1. The summed E-state index contributed by atoms with van der Waals surface area (Å²) in [6.45, 7) is 1.29. The summed E-state index contributed by atoms with van der Waals surface area (Å²) in [6, 6.07) is 18.3. The Morgan fingerprint density at radius 3 is 1.94 bits per heavy atom. The van der Waals surface area contributed by atoms with E-state index >= 15 is 0 Å². The maximum atomic E-state index is 12.0. The predicted octanol–water partition coefficient (Wildman–Crippen LogP) is 3.47. The van der Waals surface area contributed by atoms with Crippen LogP contribution in [0.4, 0.5) is 4.79 Å². The van der Waals surface area contributed by atoms with Gasteiger partial charge in [-0.15, -0.1) is 12.4 Å². The summed E-state index contributed by atoms with van der Waals surface area (Å²) in [4.78, 5) is 35.5. The number of alkyl carbamates (subject to hydrolysis) is 1. The van der Waals surface area contributed by atoms with Gasteiger partial charge in [0.25, 0.3) is 0 Å². The van der Waals surface area contributed by atoms with Gasteiger partial charge in [0.1, 0.15) is 13.2 Å². The van der Waals surface area contributed by atoms with E-state index in [2.05, 4.69) is 10.6 Å². The van der Waals surface area contributed by atoms with Crippen LogP contribution in [0.5, 0.6) is 0 Å². The molecule has 4 N–H and O–H groups in total. The first-order chi connectivity index (χ1) is 16.0. The summed E-state index contributed by atoms with van der Waals surface area (Å²) in [7, 11) is 0. The van der Waals surface area contributed by atoms with Gasteiger partial charge in [-0.3, -0.25) is 9.59 Å². The number of amides is 2. The van der Waals surface area contributed by atoms with Crippen molar-refractivity contribution >= 4 is 30.4 Å². The number of carbonyl (C=O) groups is 3. The Kier molecular flexibility index (Phi) is 14.8. The van der Waals surface area contributed by atoms with Crippen molar-refractivity contribution in [3.05, 3.63) is 71.8 Å². The highest BCUT2D eigenvalue weighted by Gasteiger charge is 2.13. The quantitative estimate of drug-likeness (QED) is 0.275. The molecule has 0 heterocycles. The number of nitrogens with one attached hydrogen (secondary N) is 2. The van der Waals surface area contributed by atoms with Gasteiger partial charge in [-0.1, -0.05) is 60.7 Å². The summed E-state index contributed by atoms with van der Waals surface area (Å²) < 4.78 is 10.3. The van der Waals surface area contributed by atoms with E-state index in [4.69, 9.17) is 15.2 Å². The van der Waals surface area contributed by atoms with Crippen LogP contribution in [0.3, 0.4) is 0 Å². The number of hydrogen-bond acceptors (Lipinski definition) is 6. The summed E-state index contributed by atoms with van der Waals surface area (Å²) in [5.74, 6) is -0.546. The van der Waals surface area contributed by atoms with E-state index in [9.17, 15) is 14.4 Å². The van der Waals surface area contributed by atoms with Crippen LogP contribution < -0.4 is 16.4 Å². The first kappa shape index (κ1) is 28.9. The molecule has 1 atom stereocenters. The molecule has 0 saturated carbocycles. The Hall–Kier alpha value is -3.10. The molecule has 0 saturated heterocycles. The Balaban J connectivity index is 0.00000578. The molecule has 0 aliphatic rings. The van der Waals surface area contributed by atoms with Gasteiger partial charge < -0.3 is 25.8 Å². The molecule has 9 heteroatoms. The summed E-state index contributed by atoms with van der Waals surface area (Å²) in [5, 5.41) is 5.42. The number of unbranched alkanes of at least 4 members (excludes halogenated alkanes) is 1. The predicted molar refractivity (Wildman–Crippen MR) is 132 cm³/mol. The van der Waals surface area contributed by atoms with Crippen LogP contribution in [0.15, 0.2) is 60.7 Å². The highest BCUT2D eigenvalue weighted by Crippen LogP contribution is 2.04. The van der Waals surface area contributed by atoms with E-state index in [1.807, 2.05) is 60.7 Å². The van der Waals surface area contributed by atoms with E-state index in [0.717, 1.165) is 11.1 Å². The van der Waals surface area contributed by atoms with Crippen molar-refractivity contribution in [3.63, 3.8) is 0 Å². The maximum absolute atomic E-state index is 12.0. The monoisotopic (exact) mass is 491 g/mol. The van der Waals surface area contributed by atoms with Crippen molar-refractivity contribution in [3.8, 4) is 0 Å². The average Bonchev–Trinajstić information content (AvgIpc) is 2.84. The molecule has 0 radical (unpaired) electrons. The number of nitrogens with two attached hydrogens (primary N) is 1. The smallest absolute Gasteiger partial charge is 0.407 e. The second-order valence-electron chi connectivity index (χ2n) is 7.63. The lowest BCUT2D eigenvalue weighted by Gasteiger charge is -2.12. The van der Waals surface area contributed by atoms with Crippen molar-refractivity contribution in [2.75, 3.05) is 13.1 Å². The van der Waals surface area contributed by atoms with Gasteiger partial charge in [0.05, 0.1) is 6.04 Å². The summed E-state index contributed by atoms with van der Waals surface area (Å²) in [5.41, 5.74) is 7.77. The number of hydrogen-bond donors (Lipinski definition) is 3. The first-order valence-corrected chi connectivity index (χ1v) is 11.2. The van der Waals surface area contributed by atoms with Crippen LogP contribution in [0.1, 0.15) is 43.2 Å². The van der Waals surface area contributed by atoms with E-state index in [-0.39, 0.29) is 43.9 Å². The van der Waals surface area contributed by atoms with E-state index in [0.29, 0.717) is 38.8 Å². The first-order valence-electron chi connectivity index (χ1n) is 11.2. The normalized spacial score (nSPS) is 11.0. The Morgan fingerprint density at radius 1 is 0.765 bits per heavy atom. The third kappa shape index (κ3) is 12.8. The standard InChI is InChI=1S/C25H33N3O5.ClH/c26-22(14-7-8-16-28-25(31)33-19-21-12-5-2-6-13-21)24(30)27-17-9-15-23(29)32-18-20-10-3-1-4-11-20;/h1-6,10-13,22H,7-9,14-19,26H2,(H,27,30)(H,28,31);1H/t22-;/m0./s1. The Labute approximate surface area is 207 Å². The minimum atomic E-state index is -0.625.